The van der Waals surface area contributed by atoms with Crippen LogP contribution in [0.3, 0.4) is 0 Å². The lowest BCUT2D eigenvalue weighted by molar-refractivity contribution is 0.0599. The third-order valence-electron chi connectivity index (χ3n) is 3.39. The molecule has 0 spiro atoms. The molecule has 1 aromatic carbocycles. The van der Waals surface area contributed by atoms with Gasteiger partial charge in [0.15, 0.2) is 0 Å². The number of methoxy groups -OCH3 is 1. The standard InChI is InChI=1S/C14H20N2O3/c1-14(2)9-19-7-6-16(14)12-8-10(13(17)18-3)4-5-11(12)15/h4-5,8H,6-7,9,15H2,1-3H3. The smallest absolute Gasteiger partial charge is 0.337 e. The summed E-state index contributed by atoms with van der Waals surface area (Å²) < 4.78 is 10.2. The highest BCUT2D eigenvalue weighted by molar-refractivity contribution is 5.92. The van der Waals surface area contributed by atoms with Crippen molar-refractivity contribution in [1.82, 2.24) is 0 Å². The van der Waals surface area contributed by atoms with E-state index in [9.17, 15) is 4.79 Å². The van der Waals surface area contributed by atoms with Gasteiger partial charge in [-0.25, -0.2) is 4.79 Å². The first kappa shape index (κ1) is 13.7. The molecule has 1 aliphatic rings. The van der Waals surface area contributed by atoms with Gasteiger partial charge >= 0.3 is 5.97 Å². The van der Waals surface area contributed by atoms with Crippen molar-refractivity contribution in [3.63, 3.8) is 0 Å². The molecular formula is C14H20N2O3. The van der Waals surface area contributed by atoms with E-state index >= 15 is 0 Å². The van der Waals surface area contributed by atoms with Crippen molar-refractivity contribution in [2.24, 2.45) is 0 Å². The molecule has 5 nitrogen and oxygen atoms in total. The van der Waals surface area contributed by atoms with E-state index in [1.54, 1.807) is 18.2 Å². The van der Waals surface area contributed by atoms with Crippen LogP contribution in [0.25, 0.3) is 0 Å². The average Bonchev–Trinajstić information content (AvgIpc) is 2.38. The summed E-state index contributed by atoms with van der Waals surface area (Å²) in [5.74, 6) is -0.354. The van der Waals surface area contributed by atoms with Crippen molar-refractivity contribution >= 4 is 17.3 Å². The van der Waals surface area contributed by atoms with Crippen LogP contribution in [0.5, 0.6) is 0 Å². The number of ether oxygens (including phenoxy) is 2. The Hall–Kier alpha value is -1.75. The third kappa shape index (κ3) is 2.66. The maximum absolute atomic E-state index is 11.6. The molecule has 1 fully saturated rings. The molecule has 2 N–H and O–H groups in total. The number of hydrogen-bond acceptors (Lipinski definition) is 5. The van der Waals surface area contributed by atoms with E-state index in [-0.39, 0.29) is 11.5 Å². The normalized spacial score (nSPS) is 18.2. The number of rotatable bonds is 2. The predicted octanol–water partition coefficient (Wildman–Crippen LogP) is 1.67. The van der Waals surface area contributed by atoms with Gasteiger partial charge in [0.2, 0.25) is 0 Å². The fourth-order valence-electron chi connectivity index (χ4n) is 2.33. The van der Waals surface area contributed by atoms with Crippen LogP contribution in [0.1, 0.15) is 24.2 Å². The Morgan fingerprint density at radius 2 is 2.21 bits per heavy atom. The molecule has 0 bridgehead atoms. The second-order valence-corrected chi connectivity index (χ2v) is 5.28. The van der Waals surface area contributed by atoms with E-state index < -0.39 is 0 Å². The highest BCUT2D eigenvalue weighted by Crippen LogP contribution is 2.32. The average molecular weight is 264 g/mol. The minimum atomic E-state index is -0.354. The maximum Gasteiger partial charge on any atom is 0.337 e. The van der Waals surface area contributed by atoms with Gasteiger partial charge in [-0.05, 0) is 32.0 Å². The molecule has 1 heterocycles. The summed E-state index contributed by atoms with van der Waals surface area (Å²) in [5.41, 5.74) is 7.92. The minimum Gasteiger partial charge on any atom is -0.465 e. The van der Waals surface area contributed by atoms with E-state index in [2.05, 4.69) is 18.7 Å². The molecule has 104 valence electrons. The molecule has 0 amide bonds. The molecule has 1 aromatic rings. The van der Waals surface area contributed by atoms with Gasteiger partial charge in [0.05, 0.1) is 42.8 Å². The first-order valence-corrected chi connectivity index (χ1v) is 6.29. The largest absolute Gasteiger partial charge is 0.465 e. The van der Waals surface area contributed by atoms with Gasteiger partial charge in [-0.15, -0.1) is 0 Å². The zero-order valence-corrected chi connectivity index (χ0v) is 11.6. The van der Waals surface area contributed by atoms with E-state index in [4.69, 9.17) is 15.2 Å². The highest BCUT2D eigenvalue weighted by Gasteiger charge is 2.32. The van der Waals surface area contributed by atoms with Crippen LogP contribution in [0, 0.1) is 0 Å². The fraction of sp³-hybridized carbons (Fsp3) is 0.500. The van der Waals surface area contributed by atoms with Crippen LogP contribution in [0.2, 0.25) is 0 Å². The summed E-state index contributed by atoms with van der Waals surface area (Å²) in [6, 6.07) is 5.21. The highest BCUT2D eigenvalue weighted by atomic mass is 16.5. The summed E-state index contributed by atoms with van der Waals surface area (Å²) in [7, 11) is 1.37. The Morgan fingerprint density at radius 3 is 2.84 bits per heavy atom. The Labute approximate surface area is 113 Å². The second kappa shape index (κ2) is 5.09. The van der Waals surface area contributed by atoms with Gasteiger partial charge < -0.3 is 20.1 Å². The molecule has 1 saturated heterocycles. The lowest BCUT2D eigenvalue weighted by atomic mass is 10.00. The molecular weight excluding hydrogens is 244 g/mol. The van der Waals surface area contributed by atoms with Crippen molar-refractivity contribution in [2.75, 3.05) is 37.5 Å². The van der Waals surface area contributed by atoms with Crippen LogP contribution >= 0.6 is 0 Å². The van der Waals surface area contributed by atoms with Crippen molar-refractivity contribution in [3.05, 3.63) is 23.8 Å². The number of carbonyl (C=O) groups excluding carboxylic acids is 1. The molecule has 0 aliphatic carbocycles. The van der Waals surface area contributed by atoms with Gasteiger partial charge in [0.25, 0.3) is 0 Å². The van der Waals surface area contributed by atoms with Crippen LogP contribution in [0.15, 0.2) is 18.2 Å². The molecule has 1 aliphatic heterocycles. The Kier molecular flexibility index (Phi) is 3.66. The van der Waals surface area contributed by atoms with Crippen LogP contribution < -0.4 is 10.6 Å². The number of morpholine rings is 1. The van der Waals surface area contributed by atoms with Crippen LogP contribution in [0.4, 0.5) is 11.4 Å². The maximum atomic E-state index is 11.6. The zero-order chi connectivity index (χ0) is 14.0. The molecule has 0 aromatic heterocycles. The lowest BCUT2D eigenvalue weighted by Crippen LogP contribution is -2.53. The van der Waals surface area contributed by atoms with Crippen molar-refractivity contribution in [1.29, 1.82) is 0 Å². The SMILES string of the molecule is COC(=O)c1ccc(N)c(N2CCOCC2(C)C)c1. The summed E-state index contributed by atoms with van der Waals surface area (Å²) in [6.07, 6.45) is 0. The number of nitrogens with two attached hydrogens (primary N) is 1. The molecule has 2 rings (SSSR count). The van der Waals surface area contributed by atoms with Gasteiger partial charge in [0, 0.05) is 6.54 Å². The monoisotopic (exact) mass is 264 g/mol. The van der Waals surface area contributed by atoms with Gasteiger partial charge in [-0.3, -0.25) is 0 Å². The number of benzene rings is 1. The number of carbonyl (C=O) groups is 1. The molecule has 0 unspecified atom stereocenters. The lowest BCUT2D eigenvalue weighted by Gasteiger charge is -2.44. The predicted molar refractivity (Wildman–Crippen MR) is 74.4 cm³/mol. The Morgan fingerprint density at radius 1 is 1.47 bits per heavy atom. The third-order valence-corrected chi connectivity index (χ3v) is 3.39. The summed E-state index contributed by atoms with van der Waals surface area (Å²) in [5, 5.41) is 0. The van der Waals surface area contributed by atoms with Gasteiger partial charge in [-0.1, -0.05) is 0 Å². The number of anilines is 2. The molecule has 0 radical (unpaired) electrons. The van der Waals surface area contributed by atoms with E-state index in [0.717, 1.165) is 12.2 Å². The van der Waals surface area contributed by atoms with Crippen LogP contribution in [-0.4, -0.2) is 38.4 Å². The molecule has 0 atom stereocenters. The Balaban J connectivity index is 2.40. The topological polar surface area (TPSA) is 64.8 Å². The minimum absolute atomic E-state index is 0.152. The second-order valence-electron chi connectivity index (χ2n) is 5.28. The van der Waals surface area contributed by atoms with E-state index in [0.29, 0.717) is 24.5 Å². The van der Waals surface area contributed by atoms with Crippen molar-refractivity contribution < 1.29 is 14.3 Å². The fourth-order valence-corrected chi connectivity index (χ4v) is 2.33. The summed E-state index contributed by atoms with van der Waals surface area (Å²) in [6.45, 7) is 6.23. The first-order valence-electron chi connectivity index (χ1n) is 6.29. The number of nitrogen functional groups attached to an aromatic ring is 1. The first-order chi connectivity index (χ1) is 8.95. The van der Waals surface area contributed by atoms with Gasteiger partial charge in [-0.2, -0.15) is 0 Å². The Bertz CT molecular complexity index is 486. The number of hydrogen-bond donors (Lipinski definition) is 1. The molecule has 5 heteroatoms. The van der Waals surface area contributed by atoms with E-state index in [1.807, 2.05) is 0 Å². The quantitative estimate of drug-likeness (QED) is 0.650. The van der Waals surface area contributed by atoms with Crippen molar-refractivity contribution in [2.45, 2.75) is 19.4 Å². The number of nitrogens with zero attached hydrogens (tertiary/aromatic N) is 1. The summed E-state index contributed by atoms with van der Waals surface area (Å²) in [4.78, 5) is 13.8. The zero-order valence-electron chi connectivity index (χ0n) is 11.6. The summed E-state index contributed by atoms with van der Waals surface area (Å²) >= 11 is 0. The van der Waals surface area contributed by atoms with Gasteiger partial charge in [0.1, 0.15) is 0 Å². The molecule has 0 saturated carbocycles. The van der Waals surface area contributed by atoms with Crippen molar-refractivity contribution in [3.8, 4) is 0 Å². The number of esters is 1. The van der Waals surface area contributed by atoms with Crippen LogP contribution in [-0.2, 0) is 9.47 Å². The molecule has 19 heavy (non-hydrogen) atoms. The van der Waals surface area contributed by atoms with E-state index in [1.165, 1.54) is 7.11 Å².